The maximum Gasteiger partial charge on any atom is 0.137 e. The predicted octanol–water partition coefficient (Wildman–Crippen LogP) is 4.02. The molecule has 0 aliphatic heterocycles. The highest BCUT2D eigenvalue weighted by Gasteiger charge is 2.24. The van der Waals surface area contributed by atoms with E-state index >= 15 is 0 Å². The van der Waals surface area contributed by atoms with Crippen LogP contribution in [0.5, 0.6) is 0 Å². The number of rotatable bonds is 4. The Kier molecular flexibility index (Phi) is 5.16. The van der Waals surface area contributed by atoms with E-state index in [-0.39, 0.29) is 16.9 Å². The quantitative estimate of drug-likeness (QED) is 0.867. The average Bonchev–Trinajstić information content (AvgIpc) is 2.44. The molecule has 3 N–H and O–H groups in total. The summed E-state index contributed by atoms with van der Waals surface area (Å²) in [6, 6.07) is 11.7. The van der Waals surface area contributed by atoms with Crippen molar-refractivity contribution in [3.05, 3.63) is 68.9 Å². The summed E-state index contributed by atoms with van der Waals surface area (Å²) in [5.41, 5.74) is 7.11. The highest BCUT2D eigenvalue weighted by atomic mass is 79.9. The van der Waals surface area contributed by atoms with E-state index in [9.17, 15) is 9.50 Å². The second kappa shape index (κ2) is 6.68. The van der Waals surface area contributed by atoms with Crippen LogP contribution >= 0.6 is 27.5 Å². The molecule has 0 heterocycles. The normalized spacial score (nSPS) is 14.1. The first-order valence-electron chi connectivity index (χ1n) is 6.12. The van der Waals surface area contributed by atoms with Gasteiger partial charge in [0.05, 0.1) is 10.6 Å². The molecule has 0 radical (unpaired) electrons. The molecule has 0 amide bonds. The van der Waals surface area contributed by atoms with Gasteiger partial charge in [0.15, 0.2) is 0 Å². The smallest absolute Gasteiger partial charge is 0.137 e. The molecule has 5 heteroatoms. The Morgan fingerprint density at radius 2 is 1.85 bits per heavy atom. The van der Waals surface area contributed by atoms with Crippen molar-refractivity contribution in [2.45, 2.75) is 12.0 Å². The van der Waals surface area contributed by atoms with Crippen LogP contribution in [0.15, 0.2) is 46.9 Å². The van der Waals surface area contributed by atoms with Crippen LogP contribution in [0, 0.1) is 5.82 Å². The zero-order valence-electron chi connectivity index (χ0n) is 10.6. The molecule has 0 saturated carbocycles. The maximum atomic E-state index is 13.6. The standard InChI is InChI=1S/C15H14BrClFNO/c16-14-11(2-1-3-13(14)18)15(20)12(8-19)9-4-6-10(17)7-5-9/h1-7,12,15,20H,8,19H2. The summed E-state index contributed by atoms with van der Waals surface area (Å²) in [4.78, 5) is 0. The first kappa shape index (κ1) is 15.4. The molecule has 20 heavy (non-hydrogen) atoms. The number of hydrogen-bond acceptors (Lipinski definition) is 2. The van der Waals surface area contributed by atoms with E-state index in [4.69, 9.17) is 17.3 Å². The zero-order valence-corrected chi connectivity index (χ0v) is 12.9. The third-order valence-corrected chi connectivity index (χ3v) is 4.32. The second-order valence-corrected chi connectivity index (χ2v) is 5.71. The number of nitrogens with two attached hydrogens (primary N) is 1. The lowest BCUT2D eigenvalue weighted by atomic mass is 9.89. The van der Waals surface area contributed by atoms with Crippen LogP contribution < -0.4 is 5.73 Å². The summed E-state index contributed by atoms with van der Waals surface area (Å²) in [5, 5.41) is 11.1. The van der Waals surface area contributed by atoms with Crippen LogP contribution in [0.1, 0.15) is 23.1 Å². The molecule has 2 aromatic carbocycles. The van der Waals surface area contributed by atoms with Crippen molar-refractivity contribution in [3.63, 3.8) is 0 Å². The monoisotopic (exact) mass is 357 g/mol. The molecule has 0 fully saturated rings. The average molecular weight is 359 g/mol. The van der Waals surface area contributed by atoms with Gasteiger partial charge in [0, 0.05) is 17.5 Å². The molecule has 2 unspecified atom stereocenters. The van der Waals surface area contributed by atoms with Gasteiger partial charge in [-0.05, 0) is 45.3 Å². The van der Waals surface area contributed by atoms with Gasteiger partial charge in [-0.25, -0.2) is 4.39 Å². The fourth-order valence-corrected chi connectivity index (χ4v) is 2.75. The van der Waals surface area contributed by atoms with Crippen LogP contribution in [-0.2, 0) is 0 Å². The van der Waals surface area contributed by atoms with Gasteiger partial charge in [0.1, 0.15) is 5.82 Å². The van der Waals surface area contributed by atoms with Crippen molar-refractivity contribution in [1.82, 2.24) is 0 Å². The highest BCUT2D eigenvalue weighted by molar-refractivity contribution is 9.10. The van der Waals surface area contributed by atoms with Crippen molar-refractivity contribution >= 4 is 27.5 Å². The lowest BCUT2D eigenvalue weighted by Gasteiger charge is -2.23. The number of aliphatic hydroxyl groups excluding tert-OH is 1. The van der Waals surface area contributed by atoms with E-state index in [1.807, 2.05) is 12.1 Å². The fourth-order valence-electron chi connectivity index (χ4n) is 2.12. The number of hydrogen-bond donors (Lipinski definition) is 2. The van der Waals surface area contributed by atoms with Gasteiger partial charge < -0.3 is 10.8 Å². The fraction of sp³-hybridized carbons (Fsp3) is 0.200. The van der Waals surface area contributed by atoms with Gasteiger partial charge in [0.2, 0.25) is 0 Å². The van der Waals surface area contributed by atoms with Crippen LogP contribution in [0.3, 0.4) is 0 Å². The molecule has 106 valence electrons. The summed E-state index contributed by atoms with van der Waals surface area (Å²) in [5.74, 6) is -0.737. The first-order valence-corrected chi connectivity index (χ1v) is 7.29. The van der Waals surface area contributed by atoms with Crippen LogP contribution in [0.25, 0.3) is 0 Å². The SMILES string of the molecule is NCC(c1ccc(Cl)cc1)C(O)c1cccc(F)c1Br. The molecular formula is C15H14BrClFNO. The number of benzene rings is 2. The Labute approximate surface area is 130 Å². The lowest BCUT2D eigenvalue weighted by molar-refractivity contribution is 0.146. The van der Waals surface area contributed by atoms with Crippen molar-refractivity contribution in [2.24, 2.45) is 5.73 Å². The molecule has 0 aromatic heterocycles. The van der Waals surface area contributed by atoms with Gasteiger partial charge in [-0.2, -0.15) is 0 Å². The van der Waals surface area contributed by atoms with E-state index < -0.39 is 11.9 Å². The molecular weight excluding hydrogens is 345 g/mol. The largest absolute Gasteiger partial charge is 0.388 e. The third kappa shape index (κ3) is 3.20. The highest BCUT2D eigenvalue weighted by Crippen LogP contribution is 2.35. The van der Waals surface area contributed by atoms with E-state index in [0.29, 0.717) is 10.6 Å². The van der Waals surface area contributed by atoms with Crippen LogP contribution in [0.4, 0.5) is 4.39 Å². The Balaban J connectivity index is 2.36. The summed E-state index contributed by atoms with van der Waals surface area (Å²) in [6.45, 7) is 0.242. The summed E-state index contributed by atoms with van der Waals surface area (Å²) in [7, 11) is 0. The van der Waals surface area contributed by atoms with Crippen molar-refractivity contribution in [1.29, 1.82) is 0 Å². The minimum atomic E-state index is -0.897. The Morgan fingerprint density at radius 1 is 1.20 bits per heavy atom. The van der Waals surface area contributed by atoms with E-state index in [2.05, 4.69) is 15.9 Å². The Bertz CT molecular complexity index is 591. The predicted molar refractivity (Wildman–Crippen MR) is 82.3 cm³/mol. The minimum absolute atomic E-state index is 0.242. The van der Waals surface area contributed by atoms with Gasteiger partial charge in [0.25, 0.3) is 0 Å². The second-order valence-electron chi connectivity index (χ2n) is 4.48. The van der Waals surface area contributed by atoms with E-state index in [0.717, 1.165) is 5.56 Å². The zero-order chi connectivity index (χ0) is 14.7. The number of aliphatic hydroxyl groups is 1. The lowest BCUT2D eigenvalue weighted by Crippen LogP contribution is -2.20. The molecule has 0 aliphatic carbocycles. The molecule has 2 rings (SSSR count). The van der Waals surface area contributed by atoms with Crippen LogP contribution in [-0.4, -0.2) is 11.7 Å². The molecule has 2 atom stereocenters. The van der Waals surface area contributed by atoms with Crippen molar-refractivity contribution in [2.75, 3.05) is 6.54 Å². The first-order chi connectivity index (χ1) is 9.54. The summed E-state index contributed by atoms with van der Waals surface area (Å²) < 4.78 is 13.8. The molecule has 0 aliphatic rings. The third-order valence-electron chi connectivity index (χ3n) is 3.23. The molecule has 0 bridgehead atoms. The summed E-state index contributed by atoms with van der Waals surface area (Å²) in [6.07, 6.45) is -0.897. The van der Waals surface area contributed by atoms with Crippen LogP contribution in [0.2, 0.25) is 5.02 Å². The molecule has 0 spiro atoms. The Morgan fingerprint density at radius 3 is 2.45 bits per heavy atom. The van der Waals surface area contributed by atoms with E-state index in [1.54, 1.807) is 24.3 Å². The minimum Gasteiger partial charge on any atom is -0.388 e. The van der Waals surface area contributed by atoms with E-state index in [1.165, 1.54) is 6.07 Å². The van der Waals surface area contributed by atoms with Gasteiger partial charge in [-0.1, -0.05) is 35.9 Å². The molecule has 0 saturated heterocycles. The van der Waals surface area contributed by atoms with Crippen molar-refractivity contribution < 1.29 is 9.50 Å². The maximum absolute atomic E-state index is 13.6. The molecule has 2 aromatic rings. The van der Waals surface area contributed by atoms with Gasteiger partial charge >= 0.3 is 0 Å². The van der Waals surface area contributed by atoms with Gasteiger partial charge in [-0.3, -0.25) is 0 Å². The number of halogens is 3. The molecule has 2 nitrogen and oxygen atoms in total. The summed E-state index contributed by atoms with van der Waals surface area (Å²) >= 11 is 9.02. The van der Waals surface area contributed by atoms with Gasteiger partial charge in [-0.15, -0.1) is 0 Å². The van der Waals surface area contributed by atoms with Crippen molar-refractivity contribution in [3.8, 4) is 0 Å². The Hall–Kier alpha value is -0.940. The topological polar surface area (TPSA) is 46.2 Å².